The lowest BCUT2D eigenvalue weighted by Gasteiger charge is -2.36. The van der Waals surface area contributed by atoms with Crippen molar-refractivity contribution < 1.29 is 14.7 Å². The van der Waals surface area contributed by atoms with Gasteiger partial charge in [-0.25, -0.2) is 4.68 Å². The Morgan fingerprint density at radius 3 is 2.61 bits per heavy atom. The summed E-state index contributed by atoms with van der Waals surface area (Å²) in [6, 6.07) is 17.6. The normalized spacial score (nSPS) is 19.1. The fraction of sp³-hybridized carbons (Fsp3) is 0.429. The van der Waals surface area contributed by atoms with E-state index in [0.29, 0.717) is 42.2 Å². The van der Waals surface area contributed by atoms with E-state index in [9.17, 15) is 14.7 Å². The number of aliphatic hydroxyl groups excluding tert-OH is 1. The van der Waals surface area contributed by atoms with Crippen LogP contribution in [0.1, 0.15) is 66.7 Å². The van der Waals surface area contributed by atoms with E-state index in [1.54, 1.807) is 15.8 Å². The number of likely N-dealkylation sites (tertiary alicyclic amines) is 1. The first-order valence-corrected chi connectivity index (χ1v) is 12.8. The Balaban J connectivity index is 1.40. The quantitative estimate of drug-likeness (QED) is 0.523. The molecular weight excluding hydrogens is 454 g/mol. The molecule has 2 amide bonds. The number of aliphatic hydroxyl groups is 1. The Labute approximate surface area is 211 Å². The zero-order chi connectivity index (χ0) is 25.1. The molecule has 0 spiro atoms. The highest BCUT2D eigenvalue weighted by Crippen LogP contribution is 2.32. The van der Waals surface area contributed by atoms with Gasteiger partial charge in [0.2, 0.25) is 5.91 Å². The van der Waals surface area contributed by atoms with Crippen LogP contribution in [0.4, 0.5) is 0 Å². The molecule has 2 aromatic carbocycles. The minimum absolute atomic E-state index is 0.00645. The van der Waals surface area contributed by atoms with Crippen LogP contribution in [0.2, 0.25) is 0 Å². The zero-order valence-electron chi connectivity index (χ0n) is 20.7. The van der Waals surface area contributed by atoms with Crippen LogP contribution in [0.15, 0.2) is 60.8 Å². The highest BCUT2D eigenvalue weighted by Gasteiger charge is 2.30. The molecule has 1 N–H and O–H groups in total. The van der Waals surface area contributed by atoms with E-state index in [4.69, 9.17) is 0 Å². The third-order valence-corrected chi connectivity index (χ3v) is 7.44. The fourth-order valence-electron chi connectivity index (χ4n) is 5.02. The van der Waals surface area contributed by atoms with Gasteiger partial charge in [0.1, 0.15) is 5.69 Å². The molecule has 1 aromatic heterocycles. The first kappa shape index (κ1) is 24.2. The molecule has 2 aliphatic rings. The Kier molecular flexibility index (Phi) is 7.13. The van der Waals surface area contributed by atoms with E-state index < -0.39 is 6.10 Å². The molecule has 1 aliphatic carbocycles. The smallest absolute Gasteiger partial charge is 0.256 e. The van der Waals surface area contributed by atoms with Gasteiger partial charge < -0.3 is 14.9 Å². The van der Waals surface area contributed by atoms with Crippen LogP contribution in [-0.4, -0.2) is 60.9 Å². The van der Waals surface area contributed by atoms with Gasteiger partial charge >= 0.3 is 0 Å². The van der Waals surface area contributed by atoms with Gasteiger partial charge in [-0.05, 0) is 49.8 Å². The predicted molar refractivity (Wildman–Crippen MR) is 135 cm³/mol. The van der Waals surface area contributed by atoms with Gasteiger partial charge in [-0.3, -0.25) is 9.59 Å². The highest BCUT2D eigenvalue weighted by molar-refractivity contribution is 5.98. The number of rotatable bonds is 8. The minimum Gasteiger partial charge on any atom is -0.391 e. The van der Waals surface area contributed by atoms with E-state index in [1.165, 1.54) is 6.42 Å². The number of piperidine rings is 1. The number of nitrogens with zero attached hydrogens (tertiary/aromatic N) is 5. The van der Waals surface area contributed by atoms with Crippen LogP contribution in [-0.2, 0) is 11.3 Å². The second kappa shape index (κ2) is 10.6. The molecule has 1 saturated heterocycles. The number of benzene rings is 2. The number of β-amino-alcohol motifs (C(OH)–C–C–N with tert-alkyl or cyclic N) is 1. The molecule has 0 bridgehead atoms. The van der Waals surface area contributed by atoms with Crippen molar-refractivity contribution >= 4 is 11.8 Å². The van der Waals surface area contributed by atoms with Crippen molar-refractivity contribution in [3.63, 3.8) is 0 Å². The van der Waals surface area contributed by atoms with E-state index in [1.807, 2.05) is 47.4 Å². The SMILES string of the molecule is CC(c1ccccc1)N(CC1CCC1)C(=O)c1ccccc1-n1cc(CN2CC(O)CCC2=O)nn1. The zero-order valence-corrected chi connectivity index (χ0v) is 20.7. The first-order chi connectivity index (χ1) is 17.5. The van der Waals surface area contributed by atoms with E-state index in [-0.39, 0.29) is 24.4 Å². The van der Waals surface area contributed by atoms with E-state index in [2.05, 4.69) is 29.4 Å². The number of aromatic nitrogens is 3. The van der Waals surface area contributed by atoms with Crippen molar-refractivity contribution in [2.45, 2.75) is 57.7 Å². The Hall–Kier alpha value is -3.52. The number of amides is 2. The number of hydrogen-bond acceptors (Lipinski definition) is 5. The summed E-state index contributed by atoms with van der Waals surface area (Å²) < 4.78 is 1.61. The van der Waals surface area contributed by atoms with Gasteiger partial charge in [-0.2, -0.15) is 0 Å². The molecule has 3 aromatic rings. The maximum Gasteiger partial charge on any atom is 0.256 e. The topological polar surface area (TPSA) is 91.6 Å². The van der Waals surface area contributed by atoms with Crippen molar-refractivity contribution in [1.29, 1.82) is 0 Å². The van der Waals surface area contributed by atoms with Crippen LogP contribution < -0.4 is 0 Å². The van der Waals surface area contributed by atoms with Gasteiger partial charge in [-0.15, -0.1) is 5.10 Å². The maximum atomic E-state index is 14.0. The third kappa shape index (κ3) is 5.18. The van der Waals surface area contributed by atoms with Crippen molar-refractivity contribution in [3.8, 4) is 5.69 Å². The average Bonchev–Trinajstić information content (AvgIpc) is 3.34. The lowest BCUT2D eigenvalue weighted by Crippen LogP contribution is -2.41. The summed E-state index contributed by atoms with van der Waals surface area (Å²) >= 11 is 0. The summed E-state index contributed by atoms with van der Waals surface area (Å²) in [5.41, 5.74) is 2.95. The van der Waals surface area contributed by atoms with Gasteiger partial charge in [0.05, 0.1) is 36.1 Å². The molecule has 5 rings (SSSR count). The van der Waals surface area contributed by atoms with E-state index >= 15 is 0 Å². The summed E-state index contributed by atoms with van der Waals surface area (Å²) in [6.45, 7) is 3.40. The van der Waals surface area contributed by atoms with Crippen molar-refractivity contribution in [2.24, 2.45) is 5.92 Å². The van der Waals surface area contributed by atoms with Crippen molar-refractivity contribution in [2.75, 3.05) is 13.1 Å². The van der Waals surface area contributed by atoms with Crippen LogP contribution in [0.3, 0.4) is 0 Å². The summed E-state index contributed by atoms with van der Waals surface area (Å²) in [4.78, 5) is 29.9. The predicted octanol–water partition coefficient (Wildman–Crippen LogP) is 3.75. The van der Waals surface area contributed by atoms with E-state index in [0.717, 1.165) is 24.9 Å². The maximum absolute atomic E-state index is 14.0. The monoisotopic (exact) mass is 487 g/mol. The molecule has 2 unspecified atom stereocenters. The summed E-state index contributed by atoms with van der Waals surface area (Å²) in [5, 5.41) is 18.5. The number of hydrogen-bond donors (Lipinski definition) is 1. The Morgan fingerprint density at radius 1 is 1.11 bits per heavy atom. The highest BCUT2D eigenvalue weighted by atomic mass is 16.3. The molecule has 0 radical (unpaired) electrons. The molecule has 188 valence electrons. The van der Waals surface area contributed by atoms with Crippen LogP contribution >= 0.6 is 0 Å². The molecule has 2 fully saturated rings. The average molecular weight is 488 g/mol. The molecule has 1 saturated carbocycles. The summed E-state index contributed by atoms with van der Waals surface area (Å²) in [7, 11) is 0. The van der Waals surface area contributed by atoms with Gasteiger partial charge in [0.25, 0.3) is 5.91 Å². The molecule has 1 aliphatic heterocycles. The fourth-order valence-corrected chi connectivity index (χ4v) is 5.02. The Morgan fingerprint density at radius 2 is 1.86 bits per heavy atom. The van der Waals surface area contributed by atoms with Crippen molar-refractivity contribution in [3.05, 3.63) is 77.6 Å². The summed E-state index contributed by atoms with van der Waals surface area (Å²) in [5.74, 6) is 0.509. The largest absolute Gasteiger partial charge is 0.391 e. The molecule has 8 nitrogen and oxygen atoms in total. The van der Waals surface area contributed by atoms with Gasteiger partial charge in [0, 0.05) is 19.5 Å². The molecule has 36 heavy (non-hydrogen) atoms. The lowest BCUT2D eigenvalue weighted by molar-refractivity contribution is -0.137. The summed E-state index contributed by atoms with van der Waals surface area (Å²) in [6.07, 6.45) is 5.62. The third-order valence-electron chi connectivity index (χ3n) is 7.44. The lowest BCUT2D eigenvalue weighted by atomic mass is 9.84. The van der Waals surface area contributed by atoms with Crippen LogP contribution in [0.25, 0.3) is 5.69 Å². The number of carbonyl (C=O) groups excluding carboxylic acids is 2. The molecular formula is C28H33N5O3. The van der Waals surface area contributed by atoms with Crippen LogP contribution in [0, 0.1) is 5.92 Å². The van der Waals surface area contributed by atoms with Gasteiger partial charge in [0.15, 0.2) is 0 Å². The van der Waals surface area contributed by atoms with Gasteiger partial charge in [-0.1, -0.05) is 54.1 Å². The number of carbonyl (C=O) groups is 2. The molecule has 2 heterocycles. The number of para-hydroxylation sites is 1. The van der Waals surface area contributed by atoms with Crippen molar-refractivity contribution in [1.82, 2.24) is 24.8 Å². The minimum atomic E-state index is -0.510. The second-order valence-corrected chi connectivity index (χ2v) is 9.98. The first-order valence-electron chi connectivity index (χ1n) is 12.8. The van der Waals surface area contributed by atoms with Crippen LogP contribution in [0.5, 0.6) is 0 Å². The molecule has 2 atom stereocenters. The standard InChI is InChI=1S/C28H33N5O3/c1-20(22-10-3-2-4-11-22)32(16-21-8-7-9-21)28(36)25-12-5-6-13-26(25)33-18-23(29-30-33)17-31-19-24(34)14-15-27(31)35/h2-6,10-13,18,20-21,24,34H,7-9,14-17,19H2,1H3. The Bertz CT molecular complexity index is 1210. The second-order valence-electron chi connectivity index (χ2n) is 9.98. The molecule has 8 heteroatoms.